The summed E-state index contributed by atoms with van der Waals surface area (Å²) in [5.74, 6) is 0.395. The van der Waals surface area contributed by atoms with E-state index in [1.807, 2.05) is 24.8 Å². The highest BCUT2D eigenvalue weighted by Crippen LogP contribution is 2.61. The van der Waals surface area contributed by atoms with E-state index in [1.54, 1.807) is 12.1 Å². The second kappa shape index (κ2) is 8.80. The molecule has 3 aromatic heterocycles. The molecule has 206 valence electrons. The largest absolute Gasteiger partial charge is 0.478 e. The van der Waals surface area contributed by atoms with Gasteiger partial charge in [-0.2, -0.15) is 0 Å². The van der Waals surface area contributed by atoms with Gasteiger partial charge in [0.1, 0.15) is 11.3 Å². The van der Waals surface area contributed by atoms with Crippen LogP contribution in [0.5, 0.6) is 0 Å². The molecule has 4 heterocycles. The molecule has 0 atom stereocenters. The number of aromatic carboxylic acids is 1. The van der Waals surface area contributed by atoms with Crippen molar-refractivity contribution in [2.75, 3.05) is 24.5 Å². The van der Waals surface area contributed by atoms with Gasteiger partial charge in [0.15, 0.2) is 11.3 Å². The average Bonchev–Trinajstić information content (AvgIpc) is 3.24. The molecule has 2 aliphatic carbocycles. The van der Waals surface area contributed by atoms with E-state index in [-0.39, 0.29) is 16.9 Å². The van der Waals surface area contributed by atoms with E-state index < -0.39 is 11.5 Å². The first-order valence-electron chi connectivity index (χ1n) is 14.1. The minimum absolute atomic E-state index is 0.134. The molecule has 0 unspecified atom stereocenters. The van der Waals surface area contributed by atoms with Crippen molar-refractivity contribution >= 4 is 28.8 Å². The third-order valence-electron chi connectivity index (χ3n) is 9.17. The minimum Gasteiger partial charge on any atom is -0.478 e. The summed E-state index contributed by atoms with van der Waals surface area (Å²) in [4.78, 5) is 38.4. The van der Waals surface area contributed by atoms with Crippen LogP contribution in [0.25, 0.3) is 11.1 Å². The Bertz CT molecular complexity index is 1440. The lowest BCUT2D eigenvalue weighted by Gasteiger charge is -2.54. The van der Waals surface area contributed by atoms with Crippen molar-refractivity contribution in [2.45, 2.75) is 83.6 Å². The summed E-state index contributed by atoms with van der Waals surface area (Å²) in [5.41, 5.74) is 3.83. The van der Waals surface area contributed by atoms with Gasteiger partial charge in [-0.3, -0.25) is 4.79 Å². The number of carbonyl (C=O) groups excluding carboxylic acids is 1. The monoisotopic (exact) mass is 530 g/mol. The molecule has 6 rings (SSSR count). The maximum Gasteiger partial charge on any atom is 0.337 e. The zero-order valence-electron chi connectivity index (χ0n) is 23.6. The molecular weight excluding hydrogens is 492 g/mol. The topological polar surface area (TPSA) is 99.8 Å². The number of anilines is 1. The number of aromatic nitrogens is 2. The normalized spacial score (nSPS) is 20.6. The van der Waals surface area contributed by atoms with E-state index in [2.05, 4.69) is 36.7 Å². The predicted molar refractivity (Wildman–Crippen MR) is 149 cm³/mol. The molecule has 8 heteroatoms. The molecule has 8 nitrogen and oxygen atoms in total. The minimum atomic E-state index is -0.998. The number of fused-ring (bicyclic) bond motifs is 1. The zero-order chi connectivity index (χ0) is 27.7. The van der Waals surface area contributed by atoms with Crippen molar-refractivity contribution in [1.29, 1.82) is 0 Å². The standard InChI is InChI=1S/C31H38N4O4/c1-29(2,3)21-13-22(20-15-31(16-20)9-6-10-31)33-23-14-24(39-26(21)23)27(36)35-12-11-34(18-30(35,4)5)25-8-7-19(17-32-25)28(37)38/h7-8,13-14,17,20H,6,9-12,15-16,18H2,1-5H3,(H,37,38). The van der Waals surface area contributed by atoms with Crippen molar-refractivity contribution in [3.05, 3.63) is 53.0 Å². The van der Waals surface area contributed by atoms with E-state index >= 15 is 0 Å². The number of carboxylic acid groups (broad SMARTS) is 1. The SMILES string of the molecule is CC(C)(C)c1cc(C2CC3(CCC3)C2)nc2cc(C(=O)N3CCN(c4ccc(C(=O)O)cn4)CC3(C)C)oc12. The molecule has 1 amide bonds. The van der Waals surface area contributed by atoms with Gasteiger partial charge >= 0.3 is 5.97 Å². The molecule has 3 aromatic rings. The Kier molecular flexibility index (Phi) is 5.83. The zero-order valence-corrected chi connectivity index (χ0v) is 23.6. The van der Waals surface area contributed by atoms with Crippen LogP contribution >= 0.6 is 0 Å². The van der Waals surface area contributed by atoms with Crippen LogP contribution in [0, 0.1) is 5.41 Å². The Morgan fingerprint density at radius 1 is 1.10 bits per heavy atom. The summed E-state index contributed by atoms with van der Waals surface area (Å²) in [6, 6.07) is 7.35. The molecule has 1 saturated heterocycles. The molecule has 2 saturated carbocycles. The molecule has 0 radical (unpaired) electrons. The fourth-order valence-electron chi connectivity index (χ4n) is 6.75. The smallest absolute Gasteiger partial charge is 0.337 e. The van der Waals surface area contributed by atoms with Crippen LogP contribution in [0.1, 0.15) is 105 Å². The number of pyridine rings is 2. The summed E-state index contributed by atoms with van der Waals surface area (Å²) >= 11 is 0. The molecule has 39 heavy (non-hydrogen) atoms. The lowest BCUT2D eigenvalue weighted by atomic mass is 9.51. The van der Waals surface area contributed by atoms with Crippen LogP contribution in [0.15, 0.2) is 34.9 Å². The Morgan fingerprint density at radius 2 is 1.85 bits per heavy atom. The Hall–Kier alpha value is -3.42. The highest BCUT2D eigenvalue weighted by atomic mass is 16.4. The molecule has 1 aliphatic heterocycles. The van der Waals surface area contributed by atoms with Crippen molar-refractivity contribution in [3.8, 4) is 0 Å². The Morgan fingerprint density at radius 3 is 2.41 bits per heavy atom. The summed E-state index contributed by atoms with van der Waals surface area (Å²) < 4.78 is 6.31. The van der Waals surface area contributed by atoms with Crippen LogP contribution in [-0.2, 0) is 5.41 Å². The number of hydrogen-bond donors (Lipinski definition) is 1. The maximum atomic E-state index is 13.8. The van der Waals surface area contributed by atoms with Crippen LogP contribution in [0.3, 0.4) is 0 Å². The number of rotatable bonds is 4. The summed E-state index contributed by atoms with van der Waals surface area (Å²) in [7, 11) is 0. The Labute approximate surface area is 229 Å². The summed E-state index contributed by atoms with van der Waals surface area (Å²) in [5, 5.41) is 9.17. The molecule has 0 bridgehead atoms. The van der Waals surface area contributed by atoms with Gasteiger partial charge in [0.05, 0.1) is 11.1 Å². The quantitative estimate of drug-likeness (QED) is 0.441. The first-order chi connectivity index (χ1) is 18.4. The Balaban J connectivity index is 1.25. The van der Waals surface area contributed by atoms with Gasteiger partial charge in [-0.25, -0.2) is 14.8 Å². The number of piperazine rings is 1. The average molecular weight is 531 g/mol. The number of hydrogen-bond acceptors (Lipinski definition) is 6. The summed E-state index contributed by atoms with van der Waals surface area (Å²) in [6.45, 7) is 12.3. The van der Waals surface area contributed by atoms with E-state index in [4.69, 9.17) is 14.5 Å². The lowest BCUT2D eigenvalue weighted by Crippen LogP contribution is -2.61. The highest BCUT2D eigenvalue weighted by molar-refractivity contribution is 5.96. The van der Waals surface area contributed by atoms with Crippen molar-refractivity contribution < 1.29 is 19.1 Å². The van der Waals surface area contributed by atoms with E-state index in [1.165, 1.54) is 38.3 Å². The number of nitrogens with zero attached hydrogens (tertiary/aromatic N) is 4. The highest BCUT2D eigenvalue weighted by Gasteiger charge is 2.49. The number of furan rings is 1. The van der Waals surface area contributed by atoms with Crippen molar-refractivity contribution in [1.82, 2.24) is 14.9 Å². The predicted octanol–water partition coefficient (Wildman–Crippen LogP) is 6.01. The third-order valence-corrected chi connectivity index (χ3v) is 9.17. The van der Waals surface area contributed by atoms with Crippen LogP contribution in [0.2, 0.25) is 0 Å². The second-order valence-corrected chi connectivity index (χ2v) is 13.5. The molecular formula is C31H38N4O4. The summed E-state index contributed by atoms with van der Waals surface area (Å²) in [6.07, 6.45) is 7.90. The van der Waals surface area contributed by atoms with Crippen molar-refractivity contribution in [3.63, 3.8) is 0 Å². The van der Waals surface area contributed by atoms with Crippen molar-refractivity contribution in [2.24, 2.45) is 5.41 Å². The third kappa shape index (κ3) is 4.47. The van der Waals surface area contributed by atoms with Crippen LogP contribution in [0.4, 0.5) is 5.82 Å². The number of carboxylic acids is 1. The van der Waals surface area contributed by atoms with Gasteiger partial charge in [-0.05, 0) is 68.6 Å². The number of carbonyl (C=O) groups is 2. The van der Waals surface area contributed by atoms with Gasteiger partial charge in [0.25, 0.3) is 5.91 Å². The molecule has 1 N–H and O–H groups in total. The van der Waals surface area contributed by atoms with E-state index in [0.29, 0.717) is 48.1 Å². The van der Waals surface area contributed by atoms with Gasteiger partial charge < -0.3 is 19.3 Å². The fourth-order valence-corrected chi connectivity index (χ4v) is 6.75. The van der Waals surface area contributed by atoms with Gasteiger partial charge in [0, 0.05) is 49.1 Å². The lowest BCUT2D eigenvalue weighted by molar-refractivity contribution is 0.00766. The molecule has 3 aliphatic rings. The fraction of sp³-hybridized carbons (Fsp3) is 0.548. The van der Waals surface area contributed by atoms with Gasteiger partial charge in [-0.1, -0.05) is 27.2 Å². The van der Waals surface area contributed by atoms with Crippen LogP contribution in [-0.4, -0.2) is 57.0 Å². The first-order valence-corrected chi connectivity index (χ1v) is 14.1. The van der Waals surface area contributed by atoms with E-state index in [9.17, 15) is 9.59 Å². The number of amides is 1. The van der Waals surface area contributed by atoms with E-state index in [0.717, 1.165) is 16.8 Å². The van der Waals surface area contributed by atoms with Gasteiger partial charge in [0.2, 0.25) is 0 Å². The molecule has 3 fully saturated rings. The second-order valence-electron chi connectivity index (χ2n) is 13.5. The molecule has 1 spiro atoms. The maximum absolute atomic E-state index is 13.8. The van der Waals surface area contributed by atoms with Gasteiger partial charge in [-0.15, -0.1) is 0 Å². The van der Waals surface area contributed by atoms with Crippen LogP contribution < -0.4 is 4.90 Å². The first kappa shape index (κ1) is 25.8. The molecule has 0 aromatic carbocycles.